The van der Waals surface area contributed by atoms with Gasteiger partial charge in [0.05, 0.1) is 6.04 Å². The van der Waals surface area contributed by atoms with Crippen LogP contribution in [0, 0.1) is 11.7 Å². The summed E-state index contributed by atoms with van der Waals surface area (Å²) in [5, 5.41) is 0. The Labute approximate surface area is 125 Å². The van der Waals surface area contributed by atoms with Crippen LogP contribution in [-0.2, 0) is 0 Å². The molecule has 21 heavy (non-hydrogen) atoms. The number of nitrogens with zero attached hydrogens (tertiary/aromatic N) is 1. The normalized spacial score (nSPS) is 24.1. The van der Waals surface area contributed by atoms with Gasteiger partial charge in [-0.25, -0.2) is 4.39 Å². The molecule has 0 aliphatic carbocycles. The molecule has 3 heteroatoms. The van der Waals surface area contributed by atoms with Crippen molar-refractivity contribution < 1.29 is 4.39 Å². The second kappa shape index (κ2) is 5.96. The van der Waals surface area contributed by atoms with E-state index in [0.717, 1.165) is 18.7 Å². The number of benzene rings is 2. The molecule has 2 N–H and O–H groups in total. The molecule has 0 radical (unpaired) electrons. The Balaban J connectivity index is 1.97. The summed E-state index contributed by atoms with van der Waals surface area (Å²) < 4.78 is 13.2. The van der Waals surface area contributed by atoms with Gasteiger partial charge in [0, 0.05) is 19.1 Å². The van der Waals surface area contributed by atoms with Gasteiger partial charge in [0.1, 0.15) is 5.82 Å². The van der Waals surface area contributed by atoms with Crippen molar-refractivity contribution >= 4 is 0 Å². The molecule has 0 bridgehead atoms. The van der Waals surface area contributed by atoms with Crippen molar-refractivity contribution in [3.63, 3.8) is 0 Å². The van der Waals surface area contributed by atoms with Crippen LogP contribution in [0.2, 0.25) is 0 Å². The highest BCUT2D eigenvalue weighted by Crippen LogP contribution is 2.32. The first-order valence-electron chi connectivity index (χ1n) is 7.45. The smallest absolute Gasteiger partial charge is 0.123 e. The van der Waals surface area contributed by atoms with Crippen LogP contribution in [0.4, 0.5) is 4.39 Å². The summed E-state index contributed by atoms with van der Waals surface area (Å²) in [5.74, 6) is 0.286. The van der Waals surface area contributed by atoms with Crippen molar-refractivity contribution in [3.05, 3.63) is 71.5 Å². The molecule has 0 amide bonds. The molecule has 0 spiro atoms. The first-order chi connectivity index (χ1) is 10.1. The minimum atomic E-state index is -0.197. The summed E-state index contributed by atoms with van der Waals surface area (Å²) in [6.45, 7) is 4.04. The molecule has 110 valence electrons. The predicted octanol–water partition coefficient (Wildman–Crippen LogP) is 3.19. The molecule has 1 aliphatic rings. The van der Waals surface area contributed by atoms with E-state index in [0.29, 0.717) is 5.92 Å². The molecule has 3 atom stereocenters. The van der Waals surface area contributed by atoms with Crippen molar-refractivity contribution in [1.29, 1.82) is 0 Å². The van der Waals surface area contributed by atoms with Gasteiger partial charge in [0.25, 0.3) is 0 Å². The standard InChI is InChI=1S/C18H21FN2/c1-13-11-21(12-17(13)20)18(14-5-3-2-4-6-14)15-7-9-16(19)10-8-15/h2-10,13,17-18H,11-12,20H2,1H3. The molecule has 2 aromatic carbocycles. The Bertz CT molecular complexity index is 572. The van der Waals surface area contributed by atoms with Crippen molar-refractivity contribution in [2.24, 2.45) is 11.7 Å². The largest absolute Gasteiger partial charge is 0.326 e. The third kappa shape index (κ3) is 2.99. The SMILES string of the molecule is CC1CN(C(c2ccccc2)c2ccc(F)cc2)CC1N. The Morgan fingerprint density at radius 1 is 1.00 bits per heavy atom. The maximum absolute atomic E-state index is 13.2. The van der Waals surface area contributed by atoms with Crippen molar-refractivity contribution in [2.45, 2.75) is 19.0 Å². The van der Waals surface area contributed by atoms with Crippen LogP contribution in [-0.4, -0.2) is 24.0 Å². The number of hydrogen-bond donors (Lipinski definition) is 1. The molecule has 1 fully saturated rings. The van der Waals surface area contributed by atoms with E-state index in [9.17, 15) is 4.39 Å². The maximum Gasteiger partial charge on any atom is 0.123 e. The zero-order valence-electron chi connectivity index (χ0n) is 12.2. The van der Waals surface area contributed by atoms with E-state index in [1.165, 1.54) is 17.7 Å². The zero-order valence-corrected chi connectivity index (χ0v) is 12.2. The monoisotopic (exact) mass is 284 g/mol. The lowest BCUT2D eigenvalue weighted by Crippen LogP contribution is -2.31. The van der Waals surface area contributed by atoms with E-state index in [2.05, 4.69) is 24.0 Å². The van der Waals surface area contributed by atoms with Crippen LogP contribution in [0.3, 0.4) is 0 Å². The van der Waals surface area contributed by atoms with Gasteiger partial charge in [-0.05, 0) is 29.2 Å². The molecule has 1 heterocycles. The average Bonchev–Trinajstić information content (AvgIpc) is 2.82. The molecule has 0 aromatic heterocycles. The second-order valence-corrected chi connectivity index (χ2v) is 5.96. The molecule has 0 saturated carbocycles. The van der Waals surface area contributed by atoms with Crippen molar-refractivity contribution in [1.82, 2.24) is 4.90 Å². The van der Waals surface area contributed by atoms with Gasteiger partial charge in [-0.2, -0.15) is 0 Å². The third-order valence-electron chi connectivity index (χ3n) is 4.36. The van der Waals surface area contributed by atoms with Crippen LogP contribution in [0.25, 0.3) is 0 Å². The predicted molar refractivity (Wildman–Crippen MR) is 83.4 cm³/mol. The van der Waals surface area contributed by atoms with Crippen molar-refractivity contribution in [2.75, 3.05) is 13.1 Å². The van der Waals surface area contributed by atoms with Gasteiger partial charge in [-0.15, -0.1) is 0 Å². The van der Waals surface area contributed by atoms with Crippen LogP contribution in [0.1, 0.15) is 24.1 Å². The van der Waals surface area contributed by atoms with E-state index in [1.54, 1.807) is 0 Å². The third-order valence-corrected chi connectivity index (χ3v) is 4.36. The number of likely N-dealkylation sites (tertiary alicyclic amines) is 1. The number of halogens is 1. The second-order valence-electron chi connectivity index (χ2n) is 5.96. The highest BCUT2D eigenvalue weighted by molar-refractivity contribution is 5.32. The maximum atomic E-state index is 13.2. The Morgan fingerprint density at radius 2 is 1.62 bits per heavy atom. The Hall–Kier alpha value is -1.71. The number of rotatable bonds is 3. The summed E-state index contributed by atoms with van der Waals surface area (Å²) >= 11 is 0. The summed E-state index contributed by atoms with van der Waals surface area (Å²) in [6, 6.07) is 17.5. The van der Waals surface area contributed by atoms with Gasteiger partial charge >= 0.3 is 0 Å². The van der Waals surface area contributed by atoms with E-state index in [1.807, 2.05) is 30.3 Å². The molecular formula is C18H21FN2. The molecule has 2 aromatic rings. The molecule has 2 nitrogen and oxygen atoms in total. The highest BCUT2D eigenvalue weighted by Gasteiger charge is 2.32. The van der Waals surface area contributed by atoms with E-state index < -0.39 is 0 Å². The highest BCUT2D eigenvalue weighted by atomic mass is 19.1. The number of nitrogens with two attached hydrogens (primary N) is 1. The minimum absolute atomic E-state index is 0.141. The van der Waals surface area contributed by atoms with Crippen LogP contribution in [0.5, 0.6) is 0 Å². The van der Waals surface area contributed by atoms with Gasteiger partial charge in [-0.3, -0.25) is 4.90 Å². The fourth-order valence-corrected chi connectivity index (χ4v) is 3.14. The Morgan fingerprint density at radius 3 is 2.19 bits per heavy atom. The topological polar surface area (TPSA) is 29.3 Å². The van der Waals surface area contributed by atoms with Gasteiger partial charge in [0.15, 0.2) is 0 Å². The summed E-state index contributed by atoms with van der Waals surface area (Å²) in [5.41, 5.74) is 8.53. The lowest BCUT2D eigenvalue weighted by atomic mass is 9.97. The molecule has 3 unspecified atom stereocenters. The first-order valence-corrected chi connectivity index (χ1v) is 7.45. The van der Waals surface area contributed by atoms with Crippen molar-refractivity contribution in [3.8, 4) is 0 Å². The summed E-state index contributed by atoms with van der Waals surface area (Å²) in [4.78, 5) is 2.40. The molecule has 1 saturated heterocycles. The fraction of sp³-hybridized carbons (Fsp3) is 0.333. The average molecular weight is 284 g/mol. The van der Waals surface area contributed by atoms with Gasteiger partial charge in [-0.1, -0.05) is 49.4 Å². The number of hydrogen-bond acceptors (Lipinski definition) is 2. The van der Waals surface area contributed by atoms with E-state index >= 15 is 0 Å². The van der Waals surface area contributed by atoms with Crippen LogP contribution >= 0.6 is 0 Å². The quantitative estimate of drug-likeness (QED) is 0.938. The molecule has 1 aliphatic heterocycles. The lowest BCUT2D eigenvalue weighted by molar-refractivity contribution is 0.271. The first kappa shape index (κ1) is 14.2. The molecule has 3 rings (SSSR count). The summed E-state index contributed by atoms with van der Waals surface area (Å²) in [7, 11) is 0. The fourth-order valence-electron chi connectivity index (χ4n) is 3.14. The van der Waals surface area contributed by atoms with Crippen LogP contribution in [0.15, 0.2) is 54.6 Å². The van der Waals surface area contributed by atoms with Crippen LogP contribution < -0.4 is 5.73 Å². The zero-order chi connectivity index (χ0) is 14.8. The Kier molecular flexibility index (Phi) is 4.04. The van der Waals surface area contributed by atoms with E-state index in [-0.39, 0.29) is 17.9 Å². The van der Waals surface area contributed by atoms with Gasteiger partial charge < -0.3 is 5.73 Å². The van der Waals surface area contributed by atoms with E-state index in [4.69, 9.17) is 5.73 Å². The summed E-state index contributed by atoms with van der Waals surface area (Å²) in [6.07, 6.45) is 0. The van der Waals surface area contributed by atoms with Gasteiger partial charge in [0.2, 0.25) is 0 Å². The minimum Gasteiger partial charge on any atom is -0.326 e. The molecular weight excluding hydrogens is 263 g/mol. The lowest BCUT2D eigenvalue weighted by Gasteiger charge is -2.29.